The van der Waals surface area contributed by atoms with Gasteiger partial charge in [-0.25, -0.2) is 0 Å². The molecular weight excluding hydrogens is 440 g/mol. The van der Waals surface area contributed by atoms with Crippen molar-refractivity contribution >= 4 is 0 Å². The Balaban J connectivity index is 1.37. The SMILES string of the molecule is CC(C)(O)[C@@H]1CC[C@](C)([C@H]2[C@@H](O)C[C@@]3(C)C4C[C@H](O)[C@H]5C(C)(C)[C@@H](O)CC[C@@]56C[C@@]46CC[C@]23C)O1. The van der Waals surface area contributed by atoms with Gasteiger partial charge in [0.25, 0.3) is 0 Å². The number of ether oxygens (including phenoxy) is 1. The molecule has 2 spiro atoms. The van der Waals surface area contributed by atoms with Crippen LogP contribution in [0.25, 0.3) is 0 Å². The molecule has 5 heteroatoms. The van der Waals surface area contributed by atoms with Gasteiger partial charge in [-0.3, -0.25) is 0 Å². The van der Waals surface area contributed by atoms with E-state index in [1.165, 1.54) is 6.42 Å². The van der Waals surface area contributed by atoms with Crippen molar-refractivity contribution in [1.82, 2.24) is 0 Å². The molecule has 5 nitrogen and oxygen atoms in total. The summed E-state index contributed by atoms with van der Waals surface area (Å²) in [6, 6.07) is 0. The monoisotopic (exact) mass is 490 g/mol. The molecule has 35 heavy (non-hydrogen) atoms. The Morgan fingerprint density at radius 3 is 2.09 bits per heavy atom. The number of fused-ring (bicyclic) bond motifs is 2. The zero-order valence-electron chi connectivity index (χ0n) is 23.1. The summed E-state index contributed by atoms with van der Waals surface area (Å²) in [7, 11) is 0. The minimum atomic E-state index is -0.886. The van der Waals surface area contributed by atoms with Crippen LogP contribution in [-0.4, -0.2) is 56.0 Å². The molecule has 12 atom stereocenters. The Morgan fingerprint density at radius 2 is 1.46 bits per heavy atom. The van der Waals surface area contributed by atoms with Crippen molar-refractivity contribution in [1.29, 1.82) is 0 Å². The number of rotatable bonds is 2. The maximum atomic E-state index is 11.7. The number of hydrogen-bond donors (Lipinski definition) is 4. The van der Waals surface area contributed by atoms with Gasteiger partial charge in [0.1, 0.15) is 0 Å². The second kappa shape index (κ2) is 6.86. The molecule has 0 aromatic heterocycles. The summed E-state index contributed by atoms with van der Waals surface area (Å²) >= 11 is 0. The highest BCUT2D eigenvalue weighted by Crippen LogP contribution is 2.89. The second-order valence-electron chi connectivity index (χ2n) is 15.9. The van der Waals surface area contributed by atoms with Gasteiger partial charge in [-0.05, 0) is 117 Å². The summed E-state index contributed by atoms with van der Waals surface area (Å²) < 4.78 is 6.66. The summed E-state index contributed by atoms with van der Waals surface area (Å²) in [6.45, 7) is 15.0. The van der Waals surface area contributed by atoms with Crippen molar-refractivity contribution in [3.05, 3.63) is 0 Å². The predicted octanol–water partition coefficient (Wildman–Crippen LogP) is 4.44. The first-order valence-corrected chi connectivity index (χ1v) is 14.4. The van der Waals surface area contributed by atoms with Gasteiger partial charge < -0.3 is 25.2 Å². The van der Waals surface area contributed by atoms with Crippen LogP contribution >= 0.6 is 0 Å². The second-order valence-corrected chi connectivity index (χ2v) is 15.9. The molecule has 1 heterocycles. The highest BCUT2D eigenvalue weighted by Gasteiger charge is 2.84. The van der Waals surface area contributed by atoms with Crippen LogP contribution in [0.1, 0.15) is 106 Å². The maximum Gasteiger partial charge on any atom is 0.0865 e. The molecule has 0 bridgehead atoms. The molecule has 0 radical (unpaired) electrons. The van der Waals surface area contributed by atoms with Crippen LogP contribution in [0.4, 0.5) is 0 Å². The molecule has 5 saturated carbocycles. The van der Waals surface area contributed by atoms with E-state index < -0.39 is 23.4 Å². The Bertz CT molecular complexity index is 911. The molecule has 0 amide bonds. The van der Waals surface area contributed by atoms with E-state index in [2.05, 4.69) is 34.6 Å². The molecule has 1 saturated heterocycles. The molecule has 0 aromatic carbocycles. The van der Waals surface area contributed by atoms with E-state index in [4.69, 9.17) is 4.74 Å². The van der Waals surface area contributed by atoms with E-state index in [1.54, 1.807) is 0 Å². The quantitative estimate of drug-likeness (QED) is 0.460. The van der Waals surface area contributed by atoms with Crippen molar-refractivity contribution in [3.63, 3.8) is 0 Å². The molecule has 6 fully saturated rings. The summed E-state index contributed by atoms with van der Waals surface area (Å²) in [6.07, 6.45) is 7.18. The largest absolute Gasteiger partial charge is 0.393 e. The standard InChI is InChI=1S/C30H50O5/c1-24(2)20(33)8-11-30-16-29(30)13-12-26(5)23(28(7)10-9-21(35-28)25(3,4)34)18(32)15-27(26,6)19(29)14-17(31)22(24)30/h17-23,31-34H,8-16H2,1-7H3/t17-,18-,19?,20-,21-,22-,23-,26+,27-,28+,29-,30+/m0/s1. The van der Waals surface area contributed by atoms with Gasteiger partial charge >= 0.3 is 0 Å². The average Bonchev–Trinajstić information content (AvgIpc) is 3.08. The third-order valence-corrected chi connectivity index (χ3v) is 13.8. The Hall–Kier alpha value is -0.200. The smallest absolute Gasteiger partial charge is 0.0865 e. The van der Waals surface area contributed by atoms with Gasteiger partial charge in [0, 0.05) is 5.92 Å². The highest BCUT2D eigenvalue weighted by atomic mass is 16.5. The Labute approximate surface area is 212 Å². The van der Waals surface area contributed by atoms with E-state index in [0.717, 1.165) is 51.4 Å². The molecule has 6 rings (SSSR count). The fraction of sp³-hybridized carbons (Fsp3) is 1.00. The minimum absolute atomic E-state index is 0.0267. The lowest BCUT2D eigenvalue weighted by molar-refractivity contribution is -0.213. The van der Waals surface area contributed by atoms with Gasteiger partial charge in [-0.1, -0.05) is 27.7 Å². The lowest BCUT2D eigenvalue weighted by Crippen LogP contribution is -2.62. The Kier molecular flexibility index (Phi) is 4.92. The summed E-state index contributed by atoms with van der Waals surface area (Å²) in [5.74, 6) is 0.577. The van der Waals surface area contributed by atoms with Crippen molar-refractivity contribution < 1.29 is 25.2 Å². The fourth-order valence-corrected chi connectivity index (χ4v) is 12.1. The zero-order valence-corrected chi connectivity index (χ0v) is 23.1. The van der Waals surface area contributed by atoms with Gasteiger partial charge in [0.2, 0.25) is 0 Å². The van der Waals surface area contributed by atoms with Crippen LogP contribution in [0.15, 0.2) is 0 Å². The van der Waals surface area contributed by atoms with E-state index in [-0.39, 0.29) is 51.1 Å². The first-order chi connectivity index (χ1) is 16.0. The third-order valence-electron chi connectivity index (χ3n) is 13.8. The van der Waals surface area contributed by atoms with Gasteiger partial charge in [-0.2, -0.15) is 0 Å². The number of hydrogen-bond acceptors (Lipinski definition) is 5. The molecular formula is C30H50O5. The van der Waals surface area contributed by atoms with Crippen LogP contribution < -0.4 is 0 Å². The van der Waals surface area contributed by atoms with E-state index >= 15 is 0 Å². The normalized spacial score (nSPS) is 60.9. The van der Waals surface area contributed by atoms with Crippen molar-refractivity contribution in [3.8, 4) is 0 Å². The predicted molar refractivity (Wildman–Crippen MR) is 134 cm³/mol. The van der Waals surface area contributed by atoms with Crippen molar-refractivity contribution in [2.45, 2.75) is 142 Å². The minimum Gasteiger partial charge on any atom is -0.393 e. The van der Waals surface area contributed by atoms with E-state index in [0.29, 0.717) is 5.92 Å². The Morgan fingerprint density at radius 1 is 0.771 bits per heavy atom. The van der Waals surface area contributed by atoms with Crippen LogP contribution in [0.3, 0.4) is 0 Å². The highest BCUT2D eigenvalue weighted by molar-refractivity contribution is 5.33. The van der Waals surface area contributed by atoms with Gasteiger partial charge in [0.05, 0.1) is 35.6 Å². The molecule has 0 aromatic rings. The zero-order chi connectivity index (χ0) is 25.6. The van der Waals surface area contributed by atoms with E-state index in [9.17, 15) is 20.4 Å². The number of aliphatic hydroxyl groups is 4. The molecule has 6 aliphatic rings. The number of aliphatic hydroxyl groups excluding tert-OH is 3. The lowest BCUT2D eigenvalue weighted by atomic mass is 9.41. The van der Waals surface area contributed by atoms with Crippen LogP contribution in [0.2, 0.25) is 0 Å². The third kappa shape index (κ3) is 2.78. The van der Waals surface area contributed by atoms with Crippen molar-refractivity contribution in [2.75, 3.05) is 0 Å². The molecule has 4 N–H and O–H groups in total. The average molecular weight is 491 g/mol. The summed E-state index contributed by atoms with van der Waals surface area (Å²) in [4.78, 5) is 0. The molecule has 200 valence electrons. The lowest BCUT2D eigenvalue weighted by Gasteiger charge is -2.64. The van der Waals surface area contributed by atoms with E-state index in [1.807, 2.05) is 13.8 Å². The fourth-order valence-electron chi connectivity index (χ4n) is 12.1. The first-order valence-electron chi connectivity index (χ1n) is 14.4. The summed E-state index contributed by atoms with van der Waals surface area (Å²) in [5, 5.41) is 45.0. The van der Waals surface area contributed by atoms with Crippen LogP contribution in [-0.2, 0) is 4.74 Å². The molecule has 1 unspecified atom stereocenters. The summed E-state index contributed by atoms with van der Waals surface area (Å²) in [5.41, 5.74) is -1.35. The van der Waals surface area contributed by atoms with Crippen LogP contribution in [0, 0.1) is 44.8 Å². The maximum absolute atomic E-state index is 11.7. The first kappa shape index (κ1) is 25.1. The molecule has 5 aliphatic carbocycles. The topological polar surface area (TPSA) is 90.2 Å². The van der Waals surface area contributed by atoms with Gasteiger partial charge in [0.15, 0.2) is 0 Å². The molecule has 1 aliphatic heterocycles. The van der Waals surface area contributed by atoms with Crippen LogP contribution in [0.5, 0.6) is 0 Å². The van der Waals surface area contributed by atoms with Gasteiger partial charge in [-0.15, -0.1) is 0 Å². The van der Waals surface area contributed by atoms with Crippen molar-refractivity contribution in [2.24, 2.45) is 44.8 Å².